The van der Waals surface area contributed by atoms with Crippen LogP contribution in [0.5, 0.6) is 0 Å². The van der Waals surface area contributed by atoms with Crippen LogP contribution in [0.25, 0.3) is 0 Å². The molecule has 0 heterocycles. The summed E-state index contributed by atoms with van der Waals surface area (Å²) in [6, 6.07) is 0. The van der Waals surface area contributed by atoms with Crippen LogP contribution in [-0.4, -0.2) is 5.75 Å². The predicted octanol–water partition coefficient (Wildman–Crippen LogP) is 2.49. The zero-order valence-electron chi connectivity index (χ0n) is 4.10. The van der Waals surface area contributed by atoms with Crippen molar-refractivity contribution in [3.8, 4) is 0 Å². The van der Waals surface area contributed by atoms with Crippen molar-refractivity contribution < 1.29 is 0 Å². The second-order valence-electron chi connectivity index (χ2n) is 1.68. The van der Waals surface area contributed by atoms with E-state index in [0.717, 1.165) is 11.7 Å². The van der Waals surface area contributed by atoms with Crippen LogP contribution >= 0.6 is 22.5 Å². The Labute approximate surface area is 48.5 Å². The first-order chi connectivity index (χ1) is 2.77. The van der Waals surface area contributed by atoms with Crippen LogP contribution in [0.4, 0.5) is 0 Å². The van der Waals surface area contributed by atoms with Gasteiger partial charge in [0.15, 0.2) is 0 Å². The lowest BCUT2D eigenvalue weighted by atomic mass is 10.3. The second-order valence-corrected chi connectivity index (χ2v) is 2.95. The second kappa shape index (κ2) is 3.88. The Hall–Kier alpha value is 0.700. The van der Waals surface area contributed by atoms with E-state index in [9.17, 15) is 0 Å². The first kappa shape index (κ1) is 6.70. The van der Waals surface area contributed by atoms with Crippen molar-refractivity contribution in [1.29, 1.82) is 0 Å². The Morgan fingerprint density at radius 2 is 2.17 bits per heavy atom. The van der Waals surface area contributed by atoms with Gasteiger partial charge in [0.05, 0.1) is 0 Å². The molecule has 0 aromatic heterocycles. The van der Waals surface area contributed by atoms with E-state index < -0.39 is 0 Å². The van der Waals surface area contributed by atoms with Crippen molar-refractivity contribution in [2.75, 3.05) is 5.75 Å². The normalized spacial score (nSPS) is 10.0. The molecule has 0 saturated heterocycles. The first-order valence-corrected chi connectivity index (χ1v) is 3.93. The Balaban J connectivity index is 2.63. The molecule has 0 nitrogen and oxygen atoms in total. The molecule has 0 aliphatic heterocycles. The van der Waals surface area contributed by atoms with Crippen molar-refractivity contribution >= 4 is 22.5 Å². The highest BCUT2D eigenvalue weighted by Gasteiger charge is 1.87. The van der Waals surface area contributed by atoms with Gasteiger partial charge in [-0.1, -0.05) is 24.6 Å². The average Bonchev–Trinajstić information content (AvgIpc) is 1.35. The SMILES string of the molecule is CC(C)CS[S]. The van der Waals surface area contributed by atoms with Crippen LogP contribution in [-0.2, 0) is 0 Å². The van der Waals surface area contributed by atoms with Crippen molar-refractivity contribution in [1.82, 2.24) is 0 Å². The summed E-state index contributed by atoms with van der Waals surface area (Å²) in [5.74, 6) is 1.86. The molecule has 0 bridgehead atoms. The molecule has 0 rings (SSSR count). The highest BCUT2D eigenvalue weighted by Crippen LogP contribution is 2.09. The van der Waals surface area contributed by atoms with E-state index in [1.54, 1.807) is 0 Å². The third kappa shape index (κ3) is 4.70. The first-order valence-electron chi connectivity index (χ1n) is 2.02. The molecule has 0 unspecified atom stereocenters. The average molecular weight is 121 g/mol. The van der Waals surface area contributed by atoms with Gasteiger partial charge >= 0.3 is 0 Å². The van der Waals surface area contributed by atoms with Crippen LogP contribution in [0.2, 0.25) is 0 Å². The summed E-state index contributed by atoms with van der Waals surface area (Å²) >= 11 is 4.64. The van der Waals surface area contributed by atoms with Crippen molar-refractivity contribution in [3.05, 3.63) is 0 Å². The van der Waals surface area contributed by atoms with Crippen LogP contribution < -0.4 is 0 Å². The lowest BCUT2D eigenvalue weighted by molar-refractivity contribution is 0.752. The van der Waals surface area contributed by atoms with Crippen LogP contribution in [0.15, 0.2) is 0 Å². The lowest BCUT2D eigenvalue weighted by Gasteiger charge is -1.94. The number of rotatable bonds is 2. The molecule has 1 radical (unpaired) electrons. The molecule has 0 aromatic carbocycles. The zero-order chi connectivity index (χ0) is 4.99. The summed E-state index contributed by atoms with van der Waals surface area (Å²) in [4.78, 5) is 0. The van der Waals surface area contributed by atoms with E-state index in [2.05, 4.69) is 25.5 Å². The van der Waals surface area contributed by atoms with Crippen LogP contribution in [0.3, 0.4) is 0 Å². The topological polar surface area (TPSA) is 0 Å². The summed E-state index contributed by atoms with van der Waals surface area (Å²) in [7, 11) is 1.49. The van der Waals surface area contributed by atoms with Gasteiger partial charge in [-0.15, -0.1) is 0 Å². The lowest BCUT2D eigenvalue weighted by Crippen LogP contribution is -1.85. The largest absolute Gasteiger partial charge is 0.0815 e. The van der Waals surface area contributed by atoms with Crippen molar-refractivity contribution in [2.24, 2.45) is 5.92 Å². The number of hydrogen-bond donors (Lipinski definition) is 0. The molecule has 0 spiro atoms. The summed E-state index contributed by atoms with van der Waals surface area (Å²) in [6.45, 7) is 4.33. The van der Waals surface area contributed by atoms with Gasteiger partial charge in [0.1, 0.15) is 0 Å². The Bertz CT molecular complexity index is 26.7. The van der Waals surface area contributed by atoms with Gasteiger partial charge in [-0.05, 0) is 17.6 Å². The Kier molecular flexibility index (Phi) is 4.33. The van der Waals surface area contributed by atoms with Crippen molar-refractivity contribution in [3.63, 3.8) is 0 Å². The molecule has 0 atom stereocenters. The Morgan fingerprint density at radius 1 is 1.67 bits per heavy atom. The summed E-state index contributed by atoms with van der Waals surface area (Å²) in [6.07, 6.45) is 0. The van der Waals surface area contributed by atoms with E-state index in [-0.39, 0.29) is 0 Å². The fourth-order valence-electron chi connectivity index (χ4n) is 0.136. The fourth-order valence-corrected chi connectivity index (χ4v) is 1.22. The molecule has 0 fully saturated rings. The van der Waals surface area contributed by atoms with Crippen molar-refractivity contribution in [2.45, 2.75) is 13.8 Å². The maximum Gasteiger partial charge on any atom is 0.00685 e. The van der Waals surface area contributed by atoms with Gasteiger partial charge in [-0.2, -0.15) is 0 Å². The molecular formula is C4H9S2. The van der Waals surface area contributed by atoms with Gasteiger partial charge in [-0.3, -0.25) is 0 Å². The minimum Gasteiger partial charge on any atom is -0.0815 e. The molecule has 0 N–H and O–H groups in total. The molecule has 0 amide bonds. The maximum absolute atomic E-state index is 4.64. The molecule has 6 heavy (non-hydrogen) atoms. The standard InChI is InChI=1S/C4H9S2/c1-4(2)3-6-5/h4H,3H2,1-2H3. The minimum absolute atomic E-state index is 0.757. The third-order valence-corrected chi connectivity index (χ3v) is 1.61. The van der Waals surface area contributed by atoms with E-state index in [4.69, 9.17) is 0 Å². The molecule has 0 aliphatic carbocycles. The molecule has 2 heteroatoms. The van der Waals surface area contributed by atoms with Crippen LogP contribution in [0, 0.1) is 5.92 Å². The van der Waals surface area contributed by atoms with Gasteiger partial charge in [0.2, 0.25) is 0 Å². The molecule has 0 aromatic rings. The fraction of sp³-hybridized carbons (Fsp3) is 1.00. The van der Waals surface area contributed by atoms with E-state index in [1.807, 2.05) is 0 Å². The smallest absolute Gasteiger partial charge is 0.00685 e. The monoisotopic (exact) mass is 121 g/mol. The zero-order valence-corrected chi connectivity index (χ0v) is 5.73. The summed E-state index contributed by atoms with van der Waals surface area (Å²) in [5.41, 5.74) is 0. The highest BCUT2D eigenvalue weighted by atomic mass is 33.1. The van der Waals surface area contributed by atoms with Gasteiger partial charge in [0.25, 0.3) is 0 Å². The van der Waals surface area contributed by atoms with E-state index in [0.29, 0.717) is 0 Å². The highest BCUT2D eigenvalue weighted by molar-refractivity contribution is 8.68. The van der Waals surface area contributed by atoms with E-state index in [1.165, 1.54) is 10.8 Å². The summed E-state index contributed by atoms with van der Waals surface area (Å²) in [5, 5.41) is 0. The van der Waals surface area contributed by atoms with Crippen LogP contribution in [0.1, 0.15) is 13.8 Å². The maximum atomic E-state index is 4.64. The third-order valence-electron chi connectivity index (χ3n) is 0.401. The minimum atomic E-state index is 0.757. The molecule has 37 valence electrons. The molecule has 0 saturated carbocycles. The molecular weight excluding hydrogens is 112 g/mol. The molecule has 0 aliphatic rings. The van der Waals surface area contributed by atoms with Gasteiger partial charge in [0, 0.05) is 5.75 Å². The summed E-state index contributed by atoms with van der Waals surface area (Å²) < 4.78 is 0. The quantitative estimate of drug-likeness (QED) is 0.506. The van der Waals surface area contributed by atoms with Gasteiger partial charge in [-0.25, -0.2) is 0 Å². The van der Waals surface area contributed by atoms with Gasteiger partial charge < -0.3 is 0 Å². The van der Waals surface area contributed by atoms with E-state index >= 15 is 0 Å². The number of hydrogen-bond acceptors (Lipinski definition) is 1. The predicted molar refractivity (Wildman–Crippen MR) is 34.9 cm³/mol. The Morgan fingerprint density at radius 3 is 2.17 bits per heavy atom.